The number of aliphatic hydroxyl groups excluding tert-OH is 1. The van der Waals surface area contributed by atoms with Gasteiger partial charge in [0.1, 0.15) is 5.82 Å². The number of aliphatic hydroxyl groups is 1. The highest BCUT2D eigenvalue weighted by Crippen LogP contribution is 2.17. The average molecular weight is 364 g/mol. The predicted molar refractivity (Wildman–Crippen MR) is 100 cm³/mol. The standard InChI is InChI=1S/C19H23ClFN3O/c1-2-22-19(24-13-14-8-9-17(21)16(20)12-14)23-11-10-18(25)15-6-4-3-5-7-15/h3-9,12,18,25H,2,10-11,13H2,1H3,(H2,22,23,24). The van der Waals surface area contributed by atoms with Crippen LogP contribution < -0.4 is 10.6 Å². The summed E-state index contributed by atoms with van der Waals surface area (Å²) < 4.78 is 13.2. The second-order valence-electron chi connectivity index (χ2n) is 5.59. The van der Waals surface area contributed by atoms with Crippen LogP contribution in [0.25, 0.3) is 0 Å². The van der Waals surface area contributed by atoms with Gasteiger partial charge in [0, 0.05) is 13.1 Å². The van der Waals surface area contributed by atoms with E-state index in [-0.39, 0.29) is 5.02 Å². The maximum Gasteiger partial charge on any atom is 0.191 e. The maximum atomic E-state index is 13.2. The quantitative estimate of drug-likeness (QED) is 0.520. The molecule has 0 fully saturated rings. The first-order valence-corrected chi connectivity index (χ1v) is 8.67. The Morgan fingerprint density at radius 3 is 2.64 bits per heavy atom. The van der Waals surface area contributed by atoms with E-state index in [1.807, 2.05) is 37.3 Å². The zero-order valence-corrected chi connectivity index (χ0v) is 14.9. The number of guanidine groups is 1. The fourth-order valence-electron chi connectivity index (χ4n) is 2.32. The SMILES string of the molecule is CCNC(=NCc1ccc(F)c(Cl)c1)NCCC(O)c1ccccc1. The molecule has 4 nitrogen and oxygen atoms in total. The Labute approximate surface area is 152 Å². The maximum absolute atomic E-state index is 13.2. The molecular formula is C19H23ClFN3O. The Morgan fingerprint density at radius 1 is 1.20 bits per heavy atom. The summed E-state index contributed by atoms with van der Waals surface area (Å²) in [6.07, 6.45) is 0.0454. The molecule has 0 saturated heterocycles. The normalized spacial score (nSPS) is 12.7. The third-order valence-corrected chi connectivity index (χ3v) is 3.93. The lowest BCUT2D eigenvalue weighted by Crippen LogP contribution is -2.38. The van der Waals surface area contributed by atoms with Gasteiger partial charge in [0.25, 0.3) is 0 Å². The topological polar surface area (TPSA) is 56.7 Å². The van der Waals surface area contributed by atoms with E-state index in [1.165, 1.54) is 6.07 Å². The molecule has 0 spiro atoms. The van der Waals surface area contributed by atoms with Crippen LogP contribution >= 0.6 is 11.6 Å². The predicted octanol–water partition coefficient (Wildman–Crippen LogP) is 3.66. The van der Waals surface area contributed by atoms with E-state index in [2.05, 4.69) is 15.6 Å². The highest BCUT2D eigenvalue weighted by Gasteiger charge is 2.07. The van der Waals surface area contributed by atoms with Crippen molar-refractivity contribution in [2.24, 2.45) is 4.99 Å². The Hall–Kier alpha value is -2.11. The van der Waals surface area contributed by atoms with Gasteiger partial charge in [-0.2, -0.15) is 0 Å². The third kappa shape index (κ3) is 6.36. The Balaban J connectivity index is 1.88. The number of hydrogen-bond acceptors (Lipinski definition) is 2. The molecule has 0 aliphatic rings. The molecule has 2 aromatic rings. The molecule has 0 aromatic heterocycles. The molecule has 6 heteroatoms. The fourth-order valence-corrected chi connectivity index (χ4v) is 2.52. The largest absolute Gasteiger partial charge is 0.388 e. The van der Waals surface area contributed by atoms with Crippen molar-refractivity contribution in [3.8, 4) is 0 Å². The summed E-state index contributed by atoms with van der Waals surface area (Å²) in [5, 5.41) is 16.6. The Morgan fingerprint density at radius 2 is 1.96 bits per heavy atom. The summed E-state index contributed by atoms with van der Waals surface area (Å²) in [5.74, 6) is 0.206. The van der Waals surface area contributed by atoms with Gasteiger partial charge in [0.2, 0.25) is 0 Å². The lowest BCUT2D eigenvalue weighted by atomic mass is 10.1. The highest BCUT2D eigenvalue weighted by atomic mass is 35.5. The van der Waals surface area contributed by atoms with Gasteiger partial charge in [-0.1, -0.05) is 48.0 Å². The van der Waals surface area contributed by atoms with Crippen LogP contribution in [0.3, 0.4) is 0 Å². The summed E-state index contributed by atoms with van der Waals surface area (Å²) in [6, 6.07) is 14.1. The first-order valence-electron chi connectivity index (χ1n) is 8.29. The summed E-state index contributed by atoms with van der Waals surface area (Å²) in [7, 11) is 0. The Bertz CT molecular complexity index is 694. The summed E-state index contributed by atoms with van der Waals surface area (Å²) in [4.78, 5) is 4.46. The van der Waals surface area contributed by atoms with Crippen LogP contribution in [0.15, 0.2) is 53.5 Å². The van der Waals surface area contributed by atoms with Gasteiger partial charge in [-0.3, -0.25) is 0 Å². The summed E-state index contributed by atoms with van der Waals surface area (Å²) >= 11 is 5.78. The number of benzene rings is 2. The average Bonchev–Trinajstić information content (AvgIpc) is 2.63. The van der Waals surface area contributed by atoms with Gasteiger partial charge < -0.3 is 15.7 Å². The molecule has 2 rings (SSSR count). The van der Waals surface area contributed by atoms with Crippen molar-refractivity contribution in [3.63, 3.8) is 0 Å². The van der Waals surface area contributed by atoms with Crippen molar-refractivity contribution in [1.82, 2.24) is 10.6 Å². The minimum absolute atomic E-state index is 0.0941. The molecular weight excluding hydrogens is 341 g/mol. The summed E-state index contributed by atoms with van der Waals surface area (Å²) in [5.41, 5.74) is 1.72. The van der Waals surface area contributed by atoms with Crippen LogP contribution in [0.2, 0.25) is 5.02 Å². The van der Waals surface area contributed by atoms with E-state index in [4.69, 9.17) is 11.6 Å². The highest BCUT2D eigenvalue weighted by molar-refractivity contribution is 6.30. The second-order valence-corrected chi connectivity index (χ2v) is 5.99. The number of halogens is 2. The smallest absolute Gasteiger partial charge is 0.191 e. The van der Waals surface area contributed by atoms with Crippen molar-refractivity contribution in [2.45, 2.75) is 26.0 Å². The van der Waals surface area contributed by atoms with Gasteiger partial charge in [-0.15, -0.1) is 0 Å². The van der Waals surface area contributed by atoms with E-state index >= 15 is 0 Å². The first kappa shape index (κ1) is 19.2. The molecule has 1 atom stereocenters. The van der Waals surface area contributed by atoms with E-state index in [9.17, 15) is 9.50 Å². The number of rotatable bonds is 7. The first-order chi connectivity index (χ1) is 12.1. The molecule has 0 saturated carbocycles. The molecule has 0 radical (unpaired) electrons. The molecule has 3 N–H and O–H groups in total. The monoisotopic (exact) mass is 363 g/mol. The molecule has 0 heterocycles. The van der Waals surface area contributed by atoms with Gasteiger partial charge in [-0.05, 0) is 36.6 Å². The fraction of sp³-hybridized carbons (Fsp3) is 0.316. The van der Waals surface area contributed by atoms with Gasteiger partial charge in [-0.25, -0.2) is 9.38 Å². The molecule has 2 aromatic carbocycles. The molecule has 25 heavy (non-hydrogen) atoms. The van der Waals surface area contributed by atoms with Crippen molar-refractivity contribution in [3.05, 3.63) is 70.5 Å². The number of nitrogens with zero attached hydrogens (tertiary/aromatic N) is 1. The lowest BCUT2D eigenvalue weighted by Gasteiger charge is -2.14. The van der Waals surface area contributed by atoms with Crippen molar-refractivity contribution < 1.29 is 9.50 Å². The molecule has 1 unspecified atom stereocenters. The lowest BCUT2D eigenvalue weighted by molar-refractivity contribution is 0.168. The van der Waals surface area contributed by atoms with Crippen LogP contribution in [0, 0.1) is 5.82 Å². The van der Waals surface area contributed by atoms with Crippen molar-refractivity contribution in [1.29, 1.82) is 0 Å². The molecule has 0 aliphatic carbocycles. The van der Waals surface area contributed by atoms with Crippen LogP contribution in [0.4, 0.5) is 4.39 Å². The summed E-state index contributed by atoms with van der Waals surface area (Å²) in [6.45, 7) is 3.66. The van der Waals surface area contributed by atoms with Gasteiger partial charge >= 0.3 is 0 Å². The number of aliphatic imine (C=N–C) groups is 1. The molecule has 134 valence electrons. The number of hydrogen-bond donors (Lipinski definition) is 3. The van der Waals surface area contributed by atoms with Crippen LogP contribution in [0.5, 0.6) is 0 Å². The molecule has 0 bridgehead atoms. The Kier molecular flexibility index (Phi) is 7.70. The van der Waals surface area contributed by atoms with Crippen LogP contribution in [-0.2, 0) is 6.54 Å². The zero-order chi connectivity index (χ0) is 18.1. The third-order valence-electron chi connectivity index (χ3n) is 3.64. The van der Waals surface area contributed by atoms with E-state index in [0.717, 1.165) is 17.7 Å². The van der Waals surface area contributed by atoms with Gasteiger partial charge in [0.15, 0.2) is 5.96 Å². The number of nitrogens with one attached hydrogen (secondary N) is 2. The second kappa shape index (κ2) is 10.0. The zero-order valence-electron chi connectivity index (χ0n) is 14.2. The van der Waals surface area contributed by atoms with Crippen molar-refractivity contribution >= 4 is 17.6 Å². The van der Waals surface area contributed by atoms with Gasteiger partial charge in [0.05, 0.1) is 17.7 Å². The van der Waals surface area contributed by atoms with Crippen LogP contribution in [-0.4, -0.2) is 24.2 Å². The van der Waals surface area contributed by atoms with E-state index in [0.29, 0.717) is 25.5 Å². The van der Waals surface area contributed by atoms with Crippen molar-refractivity contribution in [2.75, 3.05) is 13.1 Å². The minimum Gasteiger partial charge on any atom is -0.388 e. The molecule has 0 aliphatic heterocycles. The minimum atomic E-state index is -0.521. The van der Waals surface area contributed by atoms with E-state index < -0.39 is 11.9 Å². The van der Waals surface area contributed by atoms with Crippen LogP contribution in [0.1, 0.15) is 30.6 Å². The molecule has 0 amide bonds. The van der Waals surface area contributed by atoms with E-state index in [1.54, 1.807) is 12.1 Å².